The number of nitrogens with one attached hydrogen (secondary N) is 1. The van der Waals surface area contributed by atoms with Gasteiger partial charge in [0.15, 0.2) is 9.84 Å². The van der Waals surface area contributed by atoms with Gasteiger partial charge in [0.1, 0.15) is 0 Å². The standard InChI is InChI=1S/C14H19N3O2S/c1-3-11(8-13-10-15-17-16-13)12-6-5-7-14(9-12)20(18,19)4-2/h5-7,9-11H,3-4,8H2,1-2H3,(H,15,16,17). The molecule has 0 spiro atoms. The van der Waals surface area contributed by atoms with E-state index in [2.05, 4.69) is 22.3 Å². The Kier molecular flexibility index (Phi) is 4.54. The third-order valence-corrected chi connectivity index (χ3v) is 5.21. The van der Waals surface area contributed by atoms with Gasteiger partial charge in [-0.3, -0.25) is 0 Å². The lowest BCUT2D eigenvalue weighted by Crippen LogP contribution is -2.07. The minimum absolute atomic E-state index is 0.122. The Balaban J connectivity index is 2.29. The van der Waals surface area contributed by atoms with Crippen LogP contribution in [0.25, 0.3) is 0 Å². The molecule has 6 heteroatoms. The summed E-state index contributed by atoms with van der Waals surface area (Å²) in [7, 11) is -3.16. The molecule has 1 aromatic carbocycles. The summed E-state index contributed by atoms with van der Waals surface area (Å²) < 4.78 is 23.9. The number of benzene rings is 1. The Hall–Kier alpha value is -1.69. The summed E-state index contributed by atoms with van der Waals surface area (Å²) in [5.74, 6) is 0.364. The Bertz CT molecular complexity index is 651. The van der Waals surface area contributed by atoms with Crippen molar-refractivity contribution in [3.63, 3.8) is 0 Å². The Morgan fingerprint density at radius 2 is 2.10 bits per heavy atom. The van der Waals surface area contributed by atoms with E-state index < -0.39 is 9.84 Å². The lowest BCUT2D eigenvalue weighted by atomic mass is 9.92. The average Bonchev–Trinajstić information content (AvgIpc) is 2.98. The molecule has 1 aromatic heterocycles. The van der Waals surface area contributed by atoms with Crippen molar-refractivity contribution in [2.45, 2.75) is 37.5 Å². The Morgan fingerprint density at radius 3 is 2.70 bits per heavy atom. The van der Waals surface area contributed by atoms with E-state index in [4.69, 9.17) is 0 Å². The second-order valence-electron chi connectivity index (χ2n) is 4.75. The fraction of sp³-hybridized carbons (Fsp3) is 0.429. The molecule has 0 bridgehead atoms. The van der Waals surface area contributed by atoms with E-state index in [9.17, 15) is 8.42 Å². The van der Waals surface area contributed by atoms with Crippen LogP contribution in [0, 0.1) is 0 Å². The highest BCUT2D eigenvalue weighted by Crippen LogP contribution is 2.25. The number of sulfone groups is 1. The highest BCUT2D eigenvalue weighted by molar-refractivity contribution is 7.91. The van der Waals surface area contributed by atoms with Crippen molar-refractivity contribution in [3.8, 4) is 0 Å². The summed E-state index contributed by atoms with van der Waals surface area (Å²) in [5.41, 5.74) is 1.92. The molecule has 20 heavy (non-hydrogen) atoms. The number of aromatic amines is 1. The molecule has 0 amide bonds. The number of hydrogen-bond acceptors (Lipinski definition) is 4. The van der Waals surface area contributed by atoms with Crippen LogP contribution in [0.3, 0.4) is 0 Å². The Labute approximate surface area is 119 Å². The molecule has 0 fully saturated rings. The van der Waals surface area contributed by atoms with E-state index in [1.165, 1.54) is 0 Å². The number of H-pyrrole nitrogens is 1. The van der Waals surface area contributed by atoms with E-state index in [1.54, 1.807) is 25.3 Å². The third kappa shape index (κ3) is 3.25. The SMILES string of the molecule is CCC(Cc1cn[nH]n1)c1cccc(S(=O)(=O)CC)c1. The van der Waals surface area contributed by atoms with Crippen LogP contribution in [0.5, 0.6) is 0 Å². The maximum Gasteiger partial charge on any atom is 0.178 e. The first-order chi connectivity index (χ1) is 9.56. The van der Waals surface area contributed by atoms with Crippen LogP contribution in [0.2, 0.25) is 0 Å². The van der Waals surface area contributed by atoms with Crippen molar-refractivity contribution in [1.82, 2.24) is 15.4 Å². The molecular formula is C14H19N3O2S. The molecule has 5 nitrogen and oxygen atoms in total. The van der Waals surface area contributed by atoms with E-state index in [1.807, 2.05) is 12.1 Å². The minimum atomic E-state index is -3.16. The predicted octanol–water partition coefficient (Wildman–Crippen LogP) is 2.33. The molecule has 2 rings (SSSR count). The normalized spacial score (nSPS) is 13.3. The number of hydrogen-bond donors (Lipinski definition) is 1. The lowest BCUT2D eigenvalue weighted by Gasteiger charge is -2.15. The first kappa shape index (κ1) is 14.7. The smallest absolute Gasteiger partial charge is 0.178 e. The zero-order chi connectivity index (χ0) is 14.6. The second kappa shape index (κ2) is 6.17. The van der Waals surface area contributed by atoms with Crippen molar-refractivity contribution >= 4 is 9.84 Å². The minimum Gasteiger partial charge on any atom is -0.224 e. The monoisotopic (exact) mass is 293 g/mol. The van der Waals surface area contributed by atoms with Gasteiger partial charge in [-0.05, 0) is 36.5 Å². The van der Waals surface area contributed by atoms with Crippen molar-refractivity contribution in [2.75, 3.05) is 5.75 Å². The van der Waals surface area contributed by atoms with Crippen molar-refractivity contribution in [1.29, 1.82) is 0 Å². The summed E-state index contributed by atoms with van der Waals surface area (Å²) in [5, 5.41) is 10.5. The van der Waals surface area contributed by atoms with Gasteiger partial charge in [0, 0.05) is 0 Å². The molecule has 0 saturated carbocycles. The maximum absolute atomic E-state index is 12.0. The largest absolute Gasteiger partial charge is 0.224 e. The van der Waals surface area contributed by atoms with E-state index in [0.717, 1.165) is 24.1 Å². The summed E-state index contributed by atoms with van der Waals surface area (Å²) in [6, 6.07) is 7.23. The summed E-state index contributed by atoms with van der Waals surface area (Å²) in [6.07, 6.45) is 3.38. The molecular weight excluding hydrogens is 274 g/mol. The van der Waals surface area contributed by atoms with Crippen LogP contribution in [0.1, 0.15) is 37.4 Å². The van der Waals surface area contributed by atoms with Gasteiger partial charge in [0.2, 0.25) is 0 Å². The Morgan fingerprint density at radius 1 is 1.30 bits per heavy atom. The molecule has 1 heterocycles. The highest BCUT2D eigenvalue weighted by atomic mass is 32.2. The quantitative estimate of drug-likeness (QED) is 0.887. The van der Waals surface area contributed by atoms with Crippen LogP contribution in [-0.4, -0.2) is 29.6 Å². The number of nitrogens with zero attached hydrogens (tertiary/aromatic N) is 2. The van der Waals surface area contributed by atoms with Gasteiger partial charge in [-0.25, -0.2) is 8.42 Å². The van der Waals surface area contributed by atoms with Crippen LogP contribution >= 0.6 is 0 Å². The van der Waals surface area contributed by atoms with Gasteiger partial charge in [0.25, 0.3) is 0 Å². The van der Waals surface area contributed by atoms with E-state index in [0.29, 0.717) is 4.90 Å². The van der Waals surface area contributed by atoms with Crippen molar-refractivity contribution in [2.24, 2.45) is 0 Å². The molecule has 1 atom stereocenters. The van der Waals surface area contributed by atoms with Gasteiger partial charge >= 0.3 is 0 Å². The average molecular weight is 293 g/mol. The second-order valence-corrected chi connectivity index (χ2v) is 7.02. The topological polar surface area (TPSA) is 75.7 Å². The van der Waals surface area contributed by atoms with E-state index >= 15 is 0 Å². The van der Waals surface area contributed by atoms with Crippen LogP contribution in [0.15, 0.2) is 35.4 Å². The zero-order valence-electron chi connectivity index (χ0n) is 11.7. The van der Waals surface area contributed by atoms with Crippen molar-refractivity contribution < 1.29 is 8.42 Å². The molecule has 0 aliphatic heterocycles. The molecule has 0 aliphatic carbocycles. The van der Waals surface area contributed by atoms with Crippen molar-refractivity contribution in [3.05, 3.63) is 41.7 Å². The van der Waals surface area contributed by atoms with Crippen LogP contribution in [-0.2, 0) is 16.3 Å². The molecule has 1 unspecified atom stereocenters. The van der Waals surface area contributed by atoms with Crippen LogP contribution < -0.4 is 0 Å². The highest BCUT2D eigenvalue weighted by Gasteiger charge is 2.16. The fourth-order valence-corrected chi connectivity index (χ4v) is 3.14. The summed E-state index contributed by atoms with van der Waals surface area (Å²) in [4.78, 5) is 0.399. The van der Waals surface area contributed by atoms with Crippen LogP contribution in [0.4, 0.5) is 0 Å². The summed E-state index contributed by atoms with van der Waals surface area (Å²) >= 11 is 0. The van der Waals surface area contributed by atoms with Gasteiger partial charge < -0.3 is 0 Å². The molecule has 0 saturated heterocycles. The molecule has 2 aromatic rings. The molecule has 0 radical (unpaired) electrons. The molecule has 0 aliphatic rings. The fourth-order valence-electron chi connectivity index (χ4n) is 2.20. The third-order valence-electron chi connectivity index (χ3n) is 3.48. The van der Waals surface area contributed by atoms with Gasteiger partial charge in [-0.15, -0.1) is 0 Å². The maximum atomic E-state index is 12.0. The molecule has 108 valence electrons. The first-order valence-electron chi connectivity index (χ1n) is 6.74. The predicted molar refractivity (Wildman–Crippen MR) is 77.3 cm³/mol. The lowest BCUT2D eigenvalue weighted by molar-refractivity contribution is 0.596. The van der Waals surface area contributed by atoms with Gasteiger partial charge in [0.05, 0.1) is 22.5 Å². The van der Waals surface area contributed by atoms with E-state index in [-0.39, 0.29) is 11.7 Å². The number of rotatable bonds is 6. The van der Waals surface area contributed by atoms with Gasteiger partial charge in [-0.1, -0.05) is 26.0 Å². The van der Waals surface area contributed by atoms with Gasteiger partial charge in [-0.2, -0.15) is 15.4 Å². The summed E-state index contributed by atoms with van der Waals surface area (Å²) in [6.45, 7) is 3.75. The number of aromatic nitrogens is 3. The molecule has 1 N–H and O–H groups in total. The first-order valence-corrected chi connectivity index (χ1v) is 8.39. The zero-order valence-corrected chi connectivity index (χ0v) is 12.5.